The third-order valence-corrected chi connectivity index (χ3v) is 2.63. The lowest BCUT2D eigenvalue weighted by atomic mass is 10.2. The largest absolute Gasteiger partial charge is 0.379 e. The first-order chi connectivity index (χ1) is 8.24. The highest BCUT2D eigenvalue weighted by molar-refractivity contribution is 5.79. The summed E-state index contributed by atoms with van der Waals surface area (Å²) >= 11 is 0. The molecule has 1 aliphatic rings. The van der Waals surface area contributed by atoms with Crippen molar-refractivity contribution in [3.05, 3.63) is 0 Å². The smallest absolute Gasteiger partial charge is 0.234 e. The number of carbonyl (C=O) groups excluding carboxylic acids is 1. The summed E-state index contributed by atoms with van der Waals surface area (Å²) < 4.78 is 10.7. The van der Waals surface area contributed by atoms with Crippen LogP contribution in [0, 0.1) is 0 Å². The Morgan fingerprint density at radius 2 is 1.94 bits per heavy atom. The summed E-state index contributed by atoms with van der Waals surface area (Å²) in [5.41, 5.74) is 5.31. The third-order valence-electron chi connectivity index (χ3n) is 2.63. The fourth-order valence-corrected chi connectivity index (χ4v) is 1.51. The van der Waals surface area contributed by atoms with Gasteiger partial charge in [-0.1, -0.05) is 6.92 Å². The van der Waals surface area contributed by atoms with E-state index in [0.29, 0.717) is 32.3 Å². The molecule has 0 aromatic heterocycles. The Hall–Kier alpha value is -0.650. The Balaban J connectivity index is 1.96. The normalized spacial score (nSPS) is 17.0. The van der Waals surface area contributed by atoms with Crippen molar-refractivity contribution >= 4 is 5.91 Å². The van der Waals surface area contributed by atoms with Crippen molar-refractivity contribution in [1.82, 2.24) is 5.32 Å². The molecule has 1 atom stereocenters. The lowest BCUT2D eigenvalue weighted by Crippen LogP contribution is -2.43. The highest BCUT2D eigenvalue weighted by atomic mass is 16.5. The second kappa shape index (κ2) is 8.44. The highest BCUT2D eigenvalue weighted by Crippen LogP contribution is 2.19. The molecule has 1 fully saturated rings. The summed E-state index contributed by atoms with van der Waals surface area (Å²) in [7, 11) is 0. The van der Waals surface area contributed by atoms with E-state index in [1.54, 1.807) is 0 Å². The van der Waals surface area contributed by atoms with Crippen LogP contribution in [0.1, 0.15) is 32.6 Å². The summed E-state index contributed by atoms with van der Waals surface area (Å²) in [6, 6.07) is 0.236. The van der Waals surface area contributed by atoms with Gasteiger partial charge in [0.25, 0.3) is 0 Å². The molecular formula is C12H24N2O3. The van der Waals surface area contributed by atoms with Crippen molar-refractivity contribution in [2.75, 3.05) is 26.4 Å². The molecule has 0 aromatic rings. The maximum atomic E-state index is 11.1. The van der Waals surface area contributed by atoms with Gasteiger partial charge in [0.1, 0.15) is 0 Å². The monoisotopic (exact) mass is 244 g/mol. The molecule has 5 nitrogen and oxygen atoms in total. The van der Waals surface area contributed by atoms with Gasteiger partial charge in [0.05, 0.1) is 19.3 Å². The summed E-state index contributed by atoms with van der Waals surface area (Å²) in [4.78, 5) is 11.1. The summed E-state index contributed by atoms with van der Waals surface area (Å²) in [5.74, 6) is -0.289. The van der Waals surface area contributed by atoms with Gasteiger partial charge in [-0.15, -0.1) is 0 Å². The van der Waals surface area contributed by atoms with Crippen molar-refractivity contribution in [1.29, 1.82) is 0 Å². The van der Waals surface area contributed by atoms with Crippen LogP contribution >= 0.6 is 0 Å². The standard InChI is InChI=1S/C12H24N2O3/c1-2-6-16-8-9-17-7-5-11(12(13)15)14-10-3-4-10/h10-11,14H,2-9H2,1H3,(H2,13,15). The van der Waals surface area contributed by atoms with Gasteiger partial charge in [-0.2, -0.15) is 0 Å². The van der Waals surface area contributed by atoms with Crippen LogP contribution in [-0.4, -0.2) is 44.4 Å². The van der Waals surface area contributed by atoms with Crippen LogP contribution in [0.15, 0.2) is 0 Å². The SMILES string of the molecule is CCCOCCOCCC(NC1CC1)C(N)=O. The van der Waals surface area contributed by atoms with Crippen molar-refractivity contribution in [2.45, 2.75) is 44.7 Å². The van der Waals surface area contributed by atoms with Crippen LogP contribution in [0.5, 0.6) is 0 Å². The molecule has 1 saturated carbocycles. The number of amides is 1. The van der Waals surface area contributed by atoms with Crippen molar-refractivity contribution in [3.63, 3.8) is 0 Å². The quantitative estimate of drug-likeness (QED) is 0.517. The molecule has 0 spiro atoms. The molecule has 1 rings (SSSR count). The van der Waals surface area contributed by atoms with Crippen molar-refractivity contribution < 1.29 is 14.3 Å². The van der Waals surface area contributed by atoms with Crippen molar-refractivity contribution in [2.24, 2.45) is 5.73 Å². The molecule has 0 saturated heterocycles. The van der Waals surface area contributed by atoms with Gasteiger partial charge < -0.3 is 20.5 Å². The third kappa shape index (κ3) is 7.31. The van der Waals surface area contributed by atoms with Gasteiger partial charge >= 0.3 is 0 Å². The molecule has 0 aromatic carbocycles. The van der Waals surface area contributed by atoms with E-state index in [2.05, 4.69) is 12.2 Å². The first-order valence-electron chi connectivity index (χ1n) is 6.45. The average molecular weight is 244 g/mol. The van der Waals surface area contributed by atoms with Crippen LogP contribution in [0.4, 0.5) is 0 Å². The van der Waals surface area contributed by atoms with Gasteiger partial charge in [0.2, 0.25) is 5.91 Å². The molecule has 1 aliphatic carbocycles. The van der Waals surface area contributed by atoms with Gasteiger partial charge in [-0.3, -0.25) is 4.79 Å². The number of nitrogens with two attached hydrogens (primary N) is 1. The molecule has 17 heavy (non-hydrogen) atoms. The van der Waals surface area contributed by atoms with E-state index in [9.17, 15) is 4.79 Å². The van der Waals surface area contributed by atoms with Crippen LogP contribution < -0.4 is 11.1 Å². The number of hydrogen-bond donors (Lipinski definition) is 2. The minimum atomic E-state index is -0.289. The second-order valence-electron chi connectivity index (χ2n) is 4.41. The molecule has 5 heteroatoms. The van der Waals surface area contributed by atoms with Gasteiger partial charge in [-0.25, -0.2) is 0 Å². The fraction of sp³-hybridized carbons (Fsp3) is 0.917. The van der Waals surface area contributed by atoms with E-state index in [1.165, 1.54) is 0 Å². The minimum absolute atomic E-state index is 0.251. The van der Waals surface area contributed by atoms with E-state index in [0.717, 1.165) is 25.9 Å². The molecule has 0 radical (unpaired) electrons. The highest BCUT2D eigenvalue weighted by Gasteiger charge is 2.26. The number of rotatable bonds is 11. The number of ether oxygens (including phenoxy) is 2. The lowest BCUT2D eigenvalue weighted by Gasteiger charge is -2.14. The zero-order valence-corrected chi connectivity index (χ0v) is 10.6. The topological polar surface area (TPSA) is 73.6 Å². The van der Waals surface area contributed by atoms with Crippen LogP contribution in [0.25, 0.3) is 0 Å². The Labute approximate surface area is 103 Å². The Morgan fingerprint density at radius 3 is 2.47 bits per heavy atom. The average Bonchev–Trinajstić information content (AvgIpc) is 3.10. The number of carbonyl (C=O) groups is 1. The van der Waals surface area contributed by atoms with Gasteiger partial charge in [0.15, 0.2) is 0 Å². The lowest BCUT2D eigenvalue weighted by molar-refractivity contribution is -0.120. The van der Waals surface area contributed by atoms with Crippen LogP contribution in [-0.2, 0) is 14.3 Å². The maximum absolute atomic E-state index is 11.1. The Kier molecular flexibility index (Phi) is 7.16. The van der Waals surface area contributed by atoms with Gasteiger partial charge in [-0.05, 0) is 25.7 Å². The molecule has 100 valence electrons. The second-order valence-corrected chi connectivity index (χ2v) is 4.41. The fourth-order valence-electron chi connectivity index (χ4n) is 1.51. The van der Waals surface area contributed by atoms with Crippen LogP contribution in [0.2, 0.25) is 0 Å². The van der Waals surface area contributed by atoms with E-state index < -0.39 is 0 Å². The minimum Gasteiger partial charge on any atom is -0.379 e. The number of primary amides is 1. The molecular weight excluding hydrogens is 220 g/mol. The molecule has 0 heterocycles. The van der Waals surface area contributed by atoms with E-state index in [-0.39, 0.29) is 11.9 Å². The zero-order valence-electron chi connectivity index (χ0n) is 10.6. The first kappa shape index (κ1) is 14.4. The molecule has 1 unspecified atom stereocenters. The predicted octanol–water partition coefficient (Wildman–Crippen LogP) is 0.426. The van der Waals surface area contributed by atoms with Crippen LogP contribution in [0.3, 0.4) is 0 Å². The summed E-state index contributed by atoms with van der Waals surface area (Å²) in [5, 5.41) is 3.22. The van der Waals surface area contributed by atoms with E-state index in [4.69, 9.17) is 15.2 Å². The predicted molar refractivity (Wildman–Crippen MR) is 65.7 cm³/mol. The molecule has 0 aliphatic heterocycles. The number of nitrogens with one attached hydrogen (secondary N) is 1. The molecule has 0 bridgehead atoms. The Bertz CT molecular complexity index is 220. The zero-order chi connectivity index (χ0) is 12.5. The molecule has 3 N–H and O–H groups in total. The first-order valence-corrected chi connectivity index (χ1v) is 6.45. The van der Waals surface area contributed by atoms with E-state index in [1.807, 2.05) is 0 Å². The maximum Gasteiger partial charge on any atom is 0.234 e. The summed E-state index contributed by atoms with van der Waals surface area (Å²) in [6.45, 7) is 4.58. The molecule has 1 amide bonds. The summed E-state index contributed by atoms with van der Waals surface area (Å²) in [6.07, 6.45) is 3.96. The van der Waals surface area contributed by atoms with E-state index >= 15 is 0 Å². The van der Waals surface area contributed by atoms with Crippen molar-refractivity contribution in [3.8, 4) is 0 Å². The van der Waals surface area contributed by atoms with Gasteiger partial charge in [0, 0.05) is 19.3 Å². The number of hydrogen-bond acceptors (Lipinski definition) is 4. The Morgan fingerprint density at radius 1 is 1.29 bits per heavy atom.